The molecule has 0 bridgehead atoms. The summed E-state index contributed by atoms with van der Waals surface area (Å²) in [5, 5.41) is 2.70. The summed E-state index contributed by atoms with van der Waals surface area (Å²) in [6, 6.07) is 4.90. The molecule has 1 aromatic rings. The number of hydrogen-bond donors (Lipinski definition) is 2. The number of esters is 1. The van der Waals surface area contributed by atoms with Gasteiger partial charge < -0.3 is 20.5 Å². The third-order valence-corrected chi connectivity index (χ3v) is 2.42. The van der Waals surface area contributed by atoms with Crippen LogP contribution >= 0.6 is 0 Å². The molecule has 0 aliphatic rings. The van der Waals surface area contributed by atoms with E-state index in [4.69, 9.17) is 10.5 Å². The maximum atomic E-state index is 11.5. The third kappa shape index (κ3) is 4.69. The second-order valence-corrected chi connectivity index (χ2v) is 3.91. The lowest BCUT2D eigenvalue weighted by atomic mass is 10.1. The van der Waals surface area contributed by atoms with Crippen molar-refractivity contribution in [2.24, 2.45) is 5.73 Å². The summed E-state index contributed by atoms with van der Waals surface area (Å²) in [4.78, 5) is 22.9. The molecule has 0 unspecified atom stereocenters. The first kappa shape index (κ1) is 15.1. The zero-order valence-corrected chi connectivity index (χ0v) is 11.1. The minimum atomic E-state index is -0.410. The highest BCUT2D eigenvalue weighted by atomic mass is 16.5. The topological polar surface area (TPSA) is 90.6 Å². The second-order valence-electron chi connectivity index (χ2n) is 3.91. The molecule has 0 saturated heterocycles. The van der Waals surface area contributed by atoms with Gasteiger partial charge in [-0.1, -0.05) is 0 Å². The average molecular weight is 266 g/mol. The van der Waals surface area contributed by atoms with Gasteiger partial charge in [-0.2, -0.15) is 0 Å². The van der Waals surface area contributed by atoms with Crippen molar-refractivity contribution in [2.75, 3.05) is 32.2 Å². The number of methoxy groups -OCH3 is 1. The van der Waals surface area contributed by atoms with Crippen LogP contribution in [-0.2, 0) is 14.3 Å². The summed E-state index contributed by atoms with van der Waals surface area (Å²) in [5.74, 6) is -0.672. The molecular formula is C13H18N2O4. The number of amides is 1. The predicted octanol–water partition coefficient (Wildman–Crippen LogP) is 0.695. The summed E-state index contributed by atoms with van der Waals surface area (Å²) < 4.78 is 9.64. The number of anilines is 1. The van der Waals surface area contributed by atoms with Gasteiger partial charge in [-0.15, -0.1) is 0 Å². The van der Waals surface area contributed by atoms with Crippen molar-refractivity contribution in [3.8, 4) is 0 Å². The van der Waals surface area contributed by atoms with E-state index in [9.17, 15) is 9.59 Å². The Morgan fingerprint density at radius 3 is 2.68 bits per heavy atom. The van der Waals surface area contributed by atoms with E-state index in [0.29, 0.717) is 24.4 Å². The molecule has 0 saturated carbocycles. The molecule has 1 amide bonds. The summed E-state index contributed by atoms with van der Waals surface area (Å²) in [6.07, 6.45) is 0. The van der Waals surface area contributed by atoms with E-state index < -0.39 is 5.97 Å². The zero-order chi connectivity index (χ0) is 14.3. The van der Waals surface area contributed by atoms with Crippen LogP contribution in [0.5, 0.6) is 0 Å². The summed E-state index contributed by atoms with van der Waals surface area (Å²) in [7, 11) is 1.32. The number of rotatable bonds is 6. The van der Waals surface area contributed by atoms with E-state index in [-0.39, 0.29) is 12.5 Å². The number of benzene rings is 1. The maximum Gasteiger partial charge on any atom is 0.337 e. The van der Waals surface area contributed by atoms with Gasteiger partial charge in [0, 0.05) is 12.2 Å². The van der Waals surface area contributed by atoms with Crippen molar-refractivity contribution in [3.05, 3.63) is 29.3 Å². The molecule has 0 heterocycles. The van der Waals surface area contributed by atoms with Crippen LogP contribution in [-0.4, -0.2) is 38.7 Å². The molecule has 6 nitrogen and oxygen atoms in total. The van der Waals surface area contributed by atoms with Crippen LogP contribution in [0.4, 0.5) is 5.69 Å². The lowest BCUT2D eigenvalue weighted by Gasteiger charge is -2.09. The molecule has 0 aliphatic carbocycles. The Labute approximate surface area is 111 Å². The predicted molar refractivity (Wildman–Crippen MR) is 71.0 cm³/mol. The zero-order valence-electron chi connectivity index (χ0n) is 11.1. The van der Waals surface area contributed by atoms with Gasteiger partial charge >= 0.3 is 5.97 Å². The Hall–Kier alpha value is -1.92. The number of carbonyl (C=O) groups is 2. The average Bonchev–Trinajstić information content (AvgIpc) is 2.40. The number of carbonyl (C=O) groups excluding carboxylic acids is 2. The van der Waals surface area contributed by atoms with Crippen LogP contribution in [0.3, 0.4) is 0 Å². The van der Waals surface area contributed by atoms with Gasteiger partial charge in [0.15, 0.2) is 0 Å². The fourth-order valence-electron chi connectivity index (χ4n) is 1.48. The van der Waals surface area contributed by atoms with Gasteiger partial charge in [-0.3, -0.25) is 4.79 Å². The van der Waals surface area contributed by atoms with Crippen molar-refractivity contribution in [1.29, 1.82) is 0 Å². The first-order valence-corrected chi connectivity index (χ1v) is 5.85. The highest BCUT2D eigenvalue weighted by Crippen LogP contribution is 2.17. The molecule has 0 radical (unpaired) electrons. The van der Waals surface area contributed by atoms with Crippen LogP contribution < -0.4 is 11.1 Å². The van der Waals surface area contributed by atoms with Crippen molar-refractivity contribution >= 4 is 17.6 Å². The maximum absolute atomic E-state index is 11.5. The summed E-state index contributed by atoms with van der Waals surface area (Å²) in [6.45, 7) is 2.46. The highest BCUT2D eigenvalue weighted by Gasteiger charge is 2.09. The molecule has 1 aromatic carbocycles. The van der Waals surface area contributed by atoms with E-state index in [1.807, 2.05) is 0 Å². The fourth-order valence-corrected chi connectivity index (χ4v) is 1.48. The Morgan fingerprint density at radius 2 is 2.11 bits per heavy atom. The molecule has 0 fully saturated rings. The molecule has 3 N–H and O–H groups in total. The lowest BCUT2D eigenvalue weighted by molar-refractivity contribution is -0.120. The first-order valence-electron chi connectivity index (χ1n) is 5.85. The van der Waals surface area contributed by atoms with Crippen LogP contribution in [0, 0.1) is 6.92 Å². The van der Waals surface area contributed by atoms with Gasteiger partial charge in [-0.25, -0.2) is 4.79 Å². The smallest absolute Gasteiger partial charge is 0.337 e. The Morgan fingerprint density at radius 1 is 1.37 bits per heavy atom. The molecule has 6 heteroatoms. The van der Waals surface area contributed by atoms with Gasteiger partial charge in [0.1, 0.15) is 6.61 Å². The number of aryl methyl sites for hydroxylation is 1. The molecular weight excluding hydrogens is 248 g/mol. The van der Waals surface area contributed by atoms with Crippen molar-refractivity contribution in [1.82, 2.24) is 0 Å². The normalized spacial score (nSPS) is 10.1. The van der Waals surface area contributed by atoms with Crippen molar-refractivity contribution in [2.45, 2.75) is 6.92 Å². The van der Waals surface area contributed by atoms with E-state index in [1.165, 1.54) is 7.11 Å². The molecule has 104 valence electrons. The molecule has 0 aromatic heterocycles. The van der Waals surface area contributed by atoms with Gasteiger partial charge in [-0.05, 0) is 30.7 Å². The van der Waals surface area contributed by atoms with Crippen molar-refractivity contribution < 1.29 is 19.1 Å². The second kappa shape index (κ2) is 7.50. The third-order valence-electron chi connectivity index (χ3n) is 2.42. The Balaban J connectivity index is 2.64. The number of hydrogen-bond acceptors (Lipinski definition) is 5. The monoisotopic (exact) mass is 266 g/mol. The summed E-state index contributed by atoms with van der Waals surface area (Å²) in [5.41, 5.74) is 7.10. The van der Waals surface area contributed by atoms with Crippen molar-refractivity contribution in [3.63, 3.8) is 0 Å². The van der Waals surface area contributed by atoms with Gasteiger partial charge in [0.25, 0.3) is 0 Å². The lowest BCUT2D eigenvalue weighted by Crippen LogP contribution is -2.21. The Kier molecular flexibility index (Phi) is 5.98. The van der Waals surface area contributed by atoms with Crippen LogP contribution in [0.15, 0.2) is 18.2 Å². The fraction of sp³-hybridized carbons (Fsp3) is 0.385. The van der Waals surface area contributed by atoms with Crippen LogP contribution in [0.25, 0.3) is 0 Å². The standard InChI is InChI=1S/C13H18N2O4/c1-9-7-10(13(17)18-2)3-4-11(9)15-12(16)8-19-6-5-14/h3-4,7H,5-6,8,14H2,1-2H3,(H,15,16). The molecule has 0 aliphatic heterocycles. The minimum absolute atomic E-state index is 0.0462. The largest absolute Gasteiger partial charge is 0.465 e. The first-order chi connectivity index (χ1) is 9.08. The number of ether oxygens (including phenoxy) is 2. The molecule has 19 heavy (non-hydrogen) atoms. The quantitative estimate of drug-likeness (QED) is 0.584. The van der Waals surface area contributed by atoms with E-state index in [1.54, 1.807) is 25.1 Å². The molecule has 1 rings (SSSR count). The van der Waals surface area contributed by atoms with E-state index >= 15 is 0 Å². The number of nitrogens with one attached hydrogen (secondary N) is 1. The van der Waals surface area contributed by atoms with Crippen LogP contribution in [0.2, 0.25) is 0 Å². The Bertz CT molecular complexity index is 460. The number of nitrogens with two attached hydrogens (primary N) is 1. The van der Waals surface area contributed by atoms with Gasteiger partial charge in [0.2, 0.25) is 5.91 Å². The molecule has 0 spiro atoms. The molecule has 0 atom stereocenters. The van der Waals surface area contributed by atoms with Gasteiger partial charge in [0.05, 0.1) is 19.3 Å². The highest BCUT2D eigenvalue weighted by molar-refractivity contribution is 5.94. The SMILES string of the molecule is COC(=O)c1ccc(NC(=O)COCCN)c(C)c1. The van der Waals surface area contributed by atoms with E-state index in [0.717, 1.165) is 5.56 Å². The minimum Gasteiger partial charge on any atom is -0.465 e. The van der Waals surface area contributed by atoms with E-state index in [2.05, 4.69) is 10.1 Å². The van der Waals surface area contributed by atoms with Crippen LogP contribution in [0.1, 0.15) is 15.9 Å². The summed E-state index contributed by atoms with van der Waals surface area (Å²) >= 11 is 0.